The molecule has 0 bridgehead atoms. The number of ether oxygens (including phenoxy) is 2. The van der Waals surface area contributed by atoms with Gasteiger partial charge in [-0.2, -0.15) is 0 Å². The molecule has 118 valence electrons. The fourth-order valence-corrected chi connectivity index (χ4v) is 1.82. The second-order valence-corrected chi connectivity index (χ2v) is 4.45. The SMILES string of the molecule is CO/C1=C/C/C(COC2=N[C-]=C(F)CN2)=C\C=C/CC1.[CH3-].[U+2]. The first-order valence-electron chi connectivity index (χ1n) is 6.57. The number of nitrogens with zero attached hydrogens (tertiary/aromatic N) is 1. The van der Waals surface area contributed by atoms with Crippen LogP contribution in [0, 0.1) is 44.7 Å². The summed E-state index contributed by atoms with van der Waals surface area (Å²) >= 11 is 0. The summed E-state index contributed by atoms with van der Waals surface area (Å²) in [5.41, 5.74) is 1.09. The third kappa shape index (κ3) is 7.33. The van der Waals surface area contributed by atoms with Crippen LogP contribution >= 0.6 is 0 Å². The summed E-state index contributed by atoms with van der Waals surface area (Å²) in [6.45, 7) is 0.471. The number of rotatable bonds is 3. The minimum atomic E-state index is -0.422. The summed E-state index contributed by atoms with van der Waals surface area (Å²) in [4.78, 5) is 3.72. The van der Waals surface area contributed by atoms with Gasteiger partial charge in [0.2, 0.25) is 0 Å². The number of allylic oxidation sites excluding steroid dienone is 5. The van der Waals surface area contributed by atoms with Crippen LogP contribution in [-0.2, 0) is 9.47 Å². The largest absolute Gasteiger partial charge is 2.00 e. The molecule has 1 aliphatic carbocycles. The maximum atomic E-state index is 12.7. The van der Waals surface area contributed by atoms with E-state index >= 15 is 0 Å². The molecule has 22 heavy (non-hydrogen) atoms. The molecule has 2 aliphatic rings. The van der Waals surface area contributed by atoms with Crippen LogP contribution in [0.1, 0.15) is 19.3 Å². The molecule has 0 aromatic carbocycles. The molecule has 1 N–H and O–H groups in total. The minimum Gasteiger partial charge on any atom is -0.546 e. The summed E-state index contributed by atoms with van der Waals surface area (Å²) in [5, 5.41) is 2.74. The van der Waals surface area contributed by atoms with E-state index in [-0.39, 0.29) is 45.1 Å². The Morgan fingerprint density at radius 1 is 1.45 bits per heavy atom. The predicted molar refractivity (Wildman–Crippen MR) is 81.8 cm³/mol. The van der Waals surface area contributed by atoms with Gasteiger partial charge in [0, 0.05) is 18.8 Å². The third-order valence-electron chi connectivity index (χ3n) is 2.95. The first-order valence-corrected chi connectivity index (χ1v) is 6.57. The van der Waals surface area contributed by atoms with Crippen LogP contribution in [0.25, 0.3) is 0 Å². The zero-order chi connectivity index (χ0) is 14.2. The van der Waals surface area contributed by atoms with Gasteiger partial charge in [-0.05, 0) is 24.5 Å². The molecule has 0 aromatic heterocycles. The zero-order valence-electron chi connectivity index (χ0n) is 13.0. The van der Waals surface area contributed by atoms with Gasteiger partial charge in [-0.3, -0.25) is 0 Å². The van der Waals surface area contributed by atoms with E-state index in [9.17, 15) is 4.39 Å². The van der Waals surface area contributed by atoms with Crippen LogP contribution in [-0.4, -0.2) is 26.3 Å². The molecule has 1 aliphatic heterocycles. The van der Waals surface area contributed by atoms with Crippen LogP contribution in [0.4, 0.5) is 4.39 Å². The van der Waals surface area contributed by atoms with Gasteiger partial charge in [0.15, 0.2) is 0 Å². The van der Waals surface area contributed by atoms with E-state index in [0.29, 0.717) is 12.6 Å². The van der Waals surface area contributed by atoms with Crippen molar-refractivity contribution in [3.8, 4) is 0 Å². The second kappa shape index (κ2) is 11.6. The van der Waals surface area contributed by atoms with Crippen molar-refractivity contribution in [2.75, 3.05) is 20.3 Å². The van der Waals surface area contributed by atoms with Crippen molar-refractivity contribution < 1.29 is 45.0 Å². The fourth-order valence-electron chi connectivity index (χ4n) is 1.82. The smallest absolute Gasteiger partial charge is 0.546 e. The molecule has 0 aromatic rings. The molecule has 0 radical (unpaired) electrons. The molecule has 0 saturated heterocycles. The normalized spacial score (nSPS) is 23.7. The van der Waals surface area contributed by atoms with E-state index in [4.69, 9.17) is 9.47 Å². The standard InChI is InChI=1S/C15H18FN2O2.CH3.U/c1-19-14-6-4-2-3-5-12(7-8-14)11-20-15-17-9-13(16)10-18-15;;/h2-3,5,8H,4,6-7,9,11H2,1H3,(H,17,18);1H3;/q2*-1;+2/b3-2-,12-5+,14-8+;;. The van der Waals surface area contributed by atoms with Crippen LogP contribution < -0.4 is 5.32 Å². The Hall–Kier alpha value is -0.988. The number of amidine groups is 1. The Labute approximate surface area is 155 Å². The van der Waals surface area contributed by atoms with Gasteiger partial charge in [0.25, 0.3) is 0 Å². The summed E-state index contributed by atoms with van der Waals surface area (Å²) in [6.07, 6.45) is 13.1. The molecule has 0 atom stereocenters. The van der Waals surface area contributed by atoms with Crippen LogP contribution in [0.5, 0.6) is 0 Å². The van der Waals surface area contributed by atoms with Crippen molar-refractivity contribution >= 4 is 6.02 Å². The van der Waals surface area contributed by atoms with Crippen LogP contribution in [0.2, 0.25) is 0 Å². The van der Waals surface area contributed by atoms with Crippen molar-refractivity contribution in [1.82, 2.24) is 5.32 Å². The summed E-state index contributed by atoms with van der Waals surface area (Å²) in [7, 11) is 1.69. The molecular formula is C16H21FN2O2U. The van der Waals surface area contributed by atoms with Gasteiger partial charge in [-0.1, -0.05) is 18.2 Å². The molecule has 0 unspecified atom stereocenters. The van der Waals surface area contributed by atoms with E-state index in [2.05, 4.69) is 28.7 Å². The van der Waals surface area contributed by atoms with E-state index < -0.39 is 5.83 Å². The van der Waals surface area contributed by atoms with Gasteiger partial charge in [0.05, 0.1) is 19.5 Å². The Bertz CT molecular complexity index is 496. The monoisotopic (exact) mass is 530 g/mol. The molecule has 4 nitrogen and oxygen atoms in total. The number of aliphatic imine (C=N–C) groups is 1. The molecule has 6 heteroatoms. The number of halogens is 1. The predicted octanol–water partition coefficient (Wildman–Crippen LogP) is 3.22. The number of hydrogen-bond donors (Lipinski definition) is 1. The maximum absolute atomic E-state index is 12.7. The van der Waals surface area contributed by atoms with Crippen LogP contribution in [0.3, 0.4) is 0 Å². The second-order valence-electron chi connectivity index (χ2n) is 4.45. The van der Waals surface area contributed by atoms with Crippen LogP contribution in [0.15, 0.2) is 46.5 Å². The number of hydrogen-bond acceptors (Lipinski definition) is 4. The first kappa shape index (κ1) is 21.0. The quantitative estimate of drug-likeness (QED) is 0.571. The van der Waals surface area contributed by atoms with Gasteiger partial charge in [-0.15, -0.1) is 6.20 Å². The Morgan fingerprint density at radius 3 is 2.95 bits per heavy atom. The molecule has 0 saturated carbocycles. The van der Waals surface area contributed by atoms with Crippen molar-refractivity contribution in [3.05, 3.63) is 55.1 Å². The fraction of sp³-hybridized carbons (Fsp3) is 0.375. The number of nitrogens with one attached hydrogen (secondary N) is 1. The van der Waals surface area contributed by atoms with Crippen molar-refractivity contribution in [2.45, 2.75) is 19.3 Å². The molecule has 2 rings (SSSR count). The van der Waals surface area contributed by atoms with Gasteiger partial charge in [-0.25, -0.2) is 4.39 Å². The molecular weight excluding hydrogens is 509 g/mol. The summed E-state index contributed by atoms with van der Waals surface area (Å²) in [5.74, 6) is 0.559. The third-order valence-corrected chi connectivity index (χ3v) is 2.95. The minimum absolute atomic E-state index is 0. The molecule has 0 amide bonds. The molecule has 0 spiro atoms. The summed E-state index contributed by atoms with van der Waals surface area (Å²) < 4.78 is 23.5. The zero-order valence-corrected chi connectivity index (χ0v) is 17.2. The summed E-state index contributed by atoms with van der Waals surface area (Å²) in [6, 6.07) is 0.298. The maximum Gasteiger partial charge on any atom is 2.00 e. The van der Waals surface area contributed by atoms with Crippen molar-refractivity contribution in [1.29, 1.82) is 0 Å². The molecule has 0 fully saturated rings. The average molecular weight is 530 g/mol. The average Bonchev–Trinajstić information content (AvgIpc) is 2.58. The van der Waals surface area contributed by atoms with Crippen molar-refractivity contribution in [3.63, 3.8) is 0 Å². The Balaban J connectivity index is 0.00000220. The van der Waals surface area contributed by atoms with E-state index in [1.54, 1.807) is 7.11 Å². The number of methoxy groups -OCH3 is 1. The first-order chi connectivity index (χ1) is 9.78. The Morgan fingerprint density at radius 2 is 2.27 bits per heavy atom. The van der Waals surface area contributed by atoms with Gasteiger partial charge >= 0.3 is 31.1 Å². The molecule has 1 heterocycles. The van der Waals surface area contributed by atoms with E-state index in [0.717, 1.165) is 30.6 Å². The van der Waals surface area contributed by atoms with Gasteiger partial charge in [0.1, 0.15) is 6.02 Å². The van der Waals surface area contributed by atoms with E-state index in [1.165, 1.54) is 0 Å². The van der Waals surface area contributed by atoms with Crippen molar-refractivity contribution in [2.24, 2.45) is 4.99 Å². The topological polar surface area (TPSA) is 42.9 Å². The van der Waals surface area contributed by atoms with E-state index in [1.807, 2.05) is 12.2 Å². The van der Waals surface area contributed by atoms with Gasteiger partial charge < -0.3 is 27.2 Å². The Kier molecular flexibility index (Phi) is 11.0.